The van der Waals surface area contributed by atoms with Gasteiger partial charge in [0.05, 0.1) is 5.92 Å². The van der Waals surface area contributed by atoms with Crippen molar-refractivity contribution in [3.05, 3.63) is 0 Å². The van der Waals surface area contributed by atoms with Gasteiger partial charge in [-0.05, 0) is 25.8 Å². The second-order valence-corrected chi connectivity index (χ2v) is 5.01. The maximum absolute atomic E-state index is 12.2. The topological polar surface area (TPSA) is 61.4 Å². The lowest BCUT2D eigenvalue weighted by atomic mass is 9.98. The molecule has 2 atom stereocenters. The largest absolute Gasteiger partial charge is 0.352 e. The maximum atomic E-state index is 12.2. The molecule has 0 saturated carbocycles. The molecule has 0 radical (unpaired) electrons. The summed E-state index contributed by atoms with van der Waals surface area (Å²) in [5.74, 6) is 0.383. The van der Waals surface area contributed by atoms with E-state index in [-0.39, 0.29) is 23.8 Å². The molecular weight excluding hydrogens is 218 g/mol. The summed E-state index contributed by atoms with van der Waals surface area (Å²) in [7, 11) is 0. The molecule has 0 aromatic heterocycles. The molecule has 2 heterocycles. The molecule has 17 heavy (non-hydrogen) atoms. The summed E-state index contributed by atoms with van der Waals surface area (Å²) in [5.41, 5.74) is 0. The zero-order valence-electron chi connectivity index (χ0n) is 10.4. The molecule has 2 amide bonds. The van der Waals surface area contributed by atoms with Gasteiger partial charge in [-0.2, -0.15) is 0 Å². The highest BCUT2D eigenvalue weighted by Crippen LogP contribution is 2.17. The molecule has 2 aliphatic heterocycles. The van der Waals surface area contributed by atoms with Crippen molar-refractivity contribution in [1.29, 1.82) is 0 Å². The minimum atomic E-state index is -0.0105. The van der Waals surface area contributed by atoms with Gasteiger partial charge in [-0.25, -0.2) is 0 Å². The van der Waals surface area contributed by atoms with E-state index in [0.717, 1.165) is 38.9 Å². The number of piperidine rings is 1. The van der Waals surface area contributed by atoms with Gasteiger partial charge in [-0.1, -0.05) is 0 Å². The van der Waals surface area contributed by atoms with Gasteiger partial charge < -0.3 is 15.5 Å². The molecule has 0 spiro atoms. The second kappa shape index (κ2) is 5.49. The predicted molar refractivity (Wildman–Crippen MR) is 64.4 cm³/mol. The molecule has 2 fully saturated rings. The van der Waals surface area contributed by atoms with Crippen LogP contribution >= 0.6 is 0 Å². The number of carbonyl (C=O) groups is 2. The van der Waals surface area contributed by atoms with Crippen molar-refractivity contribution >= 4 is 11.8 Å². The van der Waals surface area contributed by atoms with Gasteiger partial charge in [-0.3, -0.25) is 9.59 Å². The third-order valence-electron chi connectivity index (χ3n) is 3.55. The van der Waals surface area contributed by atoms with Gasteiger partial charge in [0.15, 0.2) is 0 Å². The molecular formula is C12H21N3O2. The smallest absolute Gasteiger partial charge is 0.227 e. The number of hydrogen-bond acceptors (Lipinski definition) is 3. The summed E-state index contributed by atoms with van der Waals surface area (Å²) in [5, 5.41) is 6.15. The highest BCUT2D eigenvalue weighted by Gasteiger charge is 2.31. The van der Waals surface area contributed by atoms with E-state index in [0.29, 0.717) is 6.54 Å². The summed E-state index contributed by atoms with van der Waals surface area (Å²) < 4.78 is 0. The molecule has 2 unspecified atom stereocenters. The van der Waals surface area contributed by atoms with Crippen LogP contribution in [0.25, 0.3) is 0 Å². The van der Waals surface area contributed by atoms with E-state index in [9.17, 15) is 9.59 Å². The number of likely N-dealkylation sites (tertiary alicyclic amines) is 1. The first-order chi connectivity index (χ1) is 8.16. The first-order valence-corrected chi connectivity index (χ1v) is 6.43. The Kier molecular flexibility index (Phi) is 3.99. The third-order valence-corrected chi connectivity index (χ3v) is 3.55. The Balaban J connectivity index is 1.82. The lowest BCUT2D eigenvalue weighted by Crippen LogP contribution is -2.43. The summed E-state index contributed by atoms with van der Waals surface area (Å²) in [6.07, 6.45) is 2.96. The van der Waals surface area contributed by atoms with Crippen LogP contribution in [0.3, 0.4) is 0 Å². The van der Waals surface area contributed by atoms with Crippen LogP contribution in [0.5, 0.6) is 0 Å². The van der Waals surface area contributed by atoms with Gasteiger partial charge in [-0.15, -0.1) is 0 Å². The van der Waals surface area contributed by atoms with E-state index in [4.69, 9.17) is 0 Å². The minimum absolute atomic E-state index is 0.0105. The van der Waals surface area contributed by atoms with Crippen molar-refractivity contribution < 1.29 is 9.59 Å². The van der Waals surface area contributed by atoms with Crippen LogP contribution in [-0.2, 0) is 9.59 Å². The lowest BCUT2D eigenvalue weighted by molar-refractivity contribution is -0.135. The highest BCUT2D eigenvalue weighted by atomic mass is 16.2. The van der Waals surface area contributed by atoms with Crippen LogP contribution in [0.1, 0.15) is 26.2 Å². The number of hydrogen-bond donors (Lipinski definition) is 2. The molecule has 5 heteroatoms. The van der Waals surface area contributed by atoms with Crippen molar-refractivity contribution in [2.24, 2.45) is 5.92 Å². The fraction of sp³-hybridized carbons (Fsp3) is 0.833. The molecule has 2 rings (SSSR count). The number of rotatable bonds is 2. The molecule has 2 aliphatic rings. The molecule has 0 aliphatic carbocycles. The Hall–Kier alpha value is -1.10. The number of carbonyl (C=O) groups excluding carboxylic acids is 2. The molecule has 0 bridgehead atoms. The quantitative estimate of drug-likeness (QED) is 0.697. The van der Waals surface area contributed by atoms with Crippen molar-refractivity contribution in [2.75, 3.05) is 26.2 Å². The van der Waals surface area contributed by atoms with E-state index in [1.54, 1.807) is 0 Å². The summed E-state index contributed by atoms with van der Waals surface area (Å²) in [6.45, 7) is 4.81. The van der Waals surface area contributed by atoms with Gasteiger partial charge in [0, 0.05) is 32.6 Å². The zero-order chi connectivity index (χ0) is 12.3. The average molecular weight is 239 g/mol. The standard InChI is InChI=1S/C12H21N3O2/c1-9(16)14-11-4-6-15(8-11)12(17)10-3-2-5-13-7-10/h10-11,13H,2-8H2,1H3,(H,14,16). The van der Waals surface area contributed by atoms with E-state index in [1.807, 2.05) is 4.90 Å². The predicted octanol–water partition coefficient (Wildman–Crippen LogP) is -0.277. The summed E-state index contributed by atoms with van der Waals surface area (Å²) >= 11 is 0. The van der Waals surface area contributed by atoms with Crippen molar-refractivity contribution in [1.82, 2.24) is 15.5 Å². The van der Waals surface area contributed by atoms with Gasteiger partial charge in [0.25, 0.3) is 0 Å². The van der Waals surface area contributed by atoms with E-state index in [2.05, 4.69) is 10.6 Å². The second-order valence-electron chi connectivity index (χ2n) is 5.01. The Morgan fingerprint density at radius 1 is 1.35 bits per heavy atom. The van der Waals surface area contributed by atoms with Crippen molar-refractivity contribution in [3.8, 4) is 0 Å². The Morgan fingerprint density at radius 2 is 2.18 bits per heavy atom. The van der Waals surface area contributed by atoms with Crippen LogP contribution < -0.4 is 10.6 Å². The zero-order valence-corrected chi connectivity index (χ0v) is 10.4. The van der Waals surface area contributed by atoms with Crippen LogP contribution in [0.4, 0.5) is 0 Å². The van der Waals surface area contributed by atoms with Crippen LogP contribution in [0.15, 0.2) is 0 Å². The number of nitrogens with zero attached hydrogens (tertiary/aromatic N) is 1. The van der Waals surface area contributed by atoms with E-state index in [1.165, 1.54) is 6.92 Å². The molecule has 2 N–H and O–H groups in total. The highest BCUT2D eigenvalue weighted by molar-refractivity contribution is 5.80. The molecule has 96 valence electrons. The minimum Gasteiger partial charge on any atom is -0.352 e. The molecule has 0 aromatic carbocycles. The molecule has 2 saturated heterocycles. The number of nitrogens with one attached hydrogen (secondary N) is 2. The average Bonchev–Trinajstić information content (AvgIpc) is 2.77. The summed E-state index contributed by atoms with van der Waals surface area (Å²) in [4.78, 5) is 25.1. The van der Waals surface area contributed by atoms with Crippen molar-refractivity contribution in [3.63, 3.8) is 0 Å². The van der Waals surface area contributed by atoms with Crippen LogP contribution in [0.2, 0.25) is 0 Å². The SMILES string of the molecule is CC(=O)NC1CCN(C(=O)C2CCCNC2)C1. The Bertz CT molecular complexity index is 300. The molecule has 5 nitrogen and oxygen atoms in total. The van der Waals surface area contributed by atoms with Crippen molar-refractivity contribution in [2.45, 2.75) is 32.2 Å². The molecule has 0 aromatic rings. The van der Waals surface area contributed by atoms with E-state index >= 15 is 0 Å². The maximum Gasteiger partial charge on any atom is 0.227 e. The Morgan fingerprint density at radius 3 is 2.82 bits per heavy atom. The fourth-order valence-corrected chi connectivity index (χ4v) is 2.69. The van der Waals surface area contributed by atoms with Gasteiger partial charge in [0.1, 0.15) is 0 Å². The number of amides is 2. The van der Waals surface area contributed by atoms with Gasteiger partial charge in [0.2, 0.25) is 11.8 Å². The lowest BCUT2D eigenvalue weighted by Gasteiger charge is -2.26. The van der Waals surface area contributed by atoms with Gasteiger partial charge >= 0.3 is 0 Å². The Labute approximate surface area is 102 Å². The fourth-order valence-electron chi connectivity index (χ4n) is 2.69. The van der Waals surface area contributed by atoms with Crippen LogP contribution in [0, 0.1) is 5.92 Å². The first-order valence-electron chi connectivity index (χ1n) is 6.43. The first kappa shape index (κ1) is 12.4. The van der Waals surface area contributed by atoms with E-state index < -0.39 is 0 Å². The van der Waals surface area contributed by atoms with Crippen LogP contribution in [-0.4, -0.2) is 48.9 Å². The normalized spacial score (nSPS) is 29.1. The monoisotopic (exact) mass is 239 g/mol. The summed E-state index contributed by atoms with van der Waals surface area (Å²) in [6, 6.07) is 0.146. The third kappa shape index (κ3) is 3.19.